The summed E-state index contributed by atoms with van der Waals surface area (Å²) in [5.74, 6) is -0.0376. The van der Waals surface area contributed by atoms with Gasteiger partial charge >= 0.3 is 0 Å². The van der Waals surface area contributed by atoms with Crippen LogP contribution in [0, 0.1) is 0 Å². The Balaban J connectivity index is 1.61. The van der Waals surface area contributed by atoms with E-state index in [2.05, 4.69) is 10.4 Å². The number of hydrogen-bond donors (Lipinski definition) is 1. The van der Waals surface area contributed by atoms with Gasteiger partial charge in [-0.2, -0.15) is 5.10 Å². The summed E-state index contributed by atoms with van der Waals surface area (Å²) in [7, 11) is -2.98. The Labute approximate surface area is 129 Å². The molecule has 116 valence electrons. The SMILES string of the molecule is O=C(N[C@@H]1CCS(=O)(=O)C1)c1ccc(Cn2cccn2)cc1. The number of sulfone groups is 1. The van der Waals surface area contributed by atoms with Gasteiger partial charge in [-0.3, -0.25) is 9.48 Å². The van der Waals surface area contributed by atoms with Crippen molar-refractivity contribution in [1.29, 1.82) is 0 Å². The third-order valence-electron chi connectivity index (χ3n) is 3.69. The van der Waals surface area contributed by atoms with Crippen molar-refractivity contribution in [3.8, 4) is 0 Å². The molecule has 1 aromatic heterocycles. The highest BCUT2D eigenvalue weighted by atomic mass is 32.2. The van der Waals surface area contributed by atoms with Crippen molar-refractivity contribution in [2.45, 2.75) is 19.0 Å². The second-order valence-corrected chi connectivity index (χ2v) is 7.70. The third-order valence-corrected chi connectivity index (χ3v) is 5.46. The molecule has 7 heteroatoms. The van der Waals surface area contributed by atoms with Crippen LogP contribution in [0.25, 0.3) is 0 Å². The molecule has 1 aromatic carbocycles. The maximum atomic E-state index is 12.1. The maximum absolute atomic E-state index is 12.1. The second-order valence-electron chi connectivity index (χ2n) is 5.47. The highest BCUT2D eigenvalue weighted by Crippen LogP contribution is 2.13. The Morgan fingerprint density at radius 1 is 1.32 bits per heavy atom. The van der Waals surface area contributed by atoms with E-state index in [1.165, 1.54) is 0 Å². The predicted molar refractivity (Wildman–Crippen MR) is 82.3 cm³/mol. The Bertz CT molecular complexity index is 752. The van der Waals surface area contributed by atoms with E-state index < -0.39 is 9.84 Å². The fourth-order valence-electron chi connectivity index (χ4n) is 2.52. The standard InChI is InChI=1S/C15H17N3O3S/c19-15(17-14-6-9-22(20,21)11-14)13-4-2-12(3-5-13)10-18-8-1-7-16-18/h1-5,7-8,14H,6,9-11H2,(H,17,19)/t14-/m1/s1. The number of carbonyl (C=O) groups is 1. The third kappa shape index (κ3) is 3.54. The van der Waals surface area contributed by atoms with Crippen LogP contribution < -0.4 is 5.32 Å². The smallest absolute Gasteiger partial charge is 0.251 e. The van der Waals surface area contributed by atoms with Crippen LogP contribution in [0.1, 0.15) is 22.3 Å². The van der Waals surface area contributed by atoms with E-state index in [1.807, 2.05) is 24.4 Å². The number of hydrogen-bond acceptors (Lipinski definition) is 4. The lowest BCUT2D eigenvalue weighted by Gasteiger charge is -2.11. The lowest BCUT2D eigenvalue weighted by molar-refractivity contribution is 0.0941. The summed E-state index contributed by atoms with van der Waals surface area (Å²) in [6.45, 7) is 0.649. The second kappa shape index (κ2) is 5.92. The van der Waals surface area contributed by atoms with Gasteiger partial charge in [-0.25, -0.2) is 8.42 Å². The average molecular weight is 319 g/mol. The maximum Gasteiger partial charge on any atom is 0.251 e. The number of aromatic nitrogens is 2. The molecule has 1 fully saturated rings. The van der Waals surface area contributed by atoms with Gasteiger partial charge in [0.25, 0.3) is 5.91 Å². The van der Waals surface area contributed by atoms with E-state index >= 15 is 0 Å². The molecule has 2 heterocycles. The van der Waals surface area contributed by atoms with Crippen LogP contribution in [0.4, 0.5) is 0 Å². The van der Waals surface area contributed by atoms with Crippen LogP contribution in [0.15, 0.2) is 42.7 Å². The molecular formula is C15H17N3O3S. The molecule has 3 rings (SSSR count). The number of amides is 1. The minimum atomic E-state index is -2.98. The molecule has 0 unspecified atom stereocenters. The first-order valence-electron chi connectivity index (χ1n) is 7.09. The van der Waals surface area contributed by atoms with Crippen LogP contribution in [0.2, 0.25) is 0 Å². The van der Waals surface area contributed by atoms with Crippen LogP contribution in [0.5, 0.6) is 0 Å². The Morgan fingerprint density at radius 2 is 2.09 bits per heavy atom. The quantitative estimate of drug-likeness (QED) is 0.906. The van der Waals surface area contributed by atoms with Crippen LogP contribution in [-0.2, 0) is 16.4 Å². The summed E-state index contributed by atoms with van der Waals surface area (Å²) < 4.78 is 24.6. The van der Waals surface area contributed by atoms with Gasteiger partial charge in [0.05, 0.1) is 18.1 Å². The molecule has 0 radical (unpaired) electrons. The number of nitrogens with zero attached hydrogens (tertiary/aromatic N) is 2. The normalized spacial score (nSPS) is 19.9. The molecule has 2 aromatic rings. The van der Waals surface area contributed by atoms with Crippen molar-refractivity contribution in [1.82, 2.24) is 15.1 Å². The van der Waals surface area contributed by atoms with Crippen molar-refractivity contribution >= 4 is 15.7 Å². The predicted octanol–water partition coefficient (Wildman–Crippen LogP) is 0.848. The number of carbonyl (C=O) groups excluding carboxylic acids is 1. The van der Waals surface area contributed by atoms with Crippen molar-refractivity contribution in [2.24, 2.45) is 0 Å². The van der Waals surface area contributed by atoms with Gasteiger partial charge < -0.3 is 5.32 Å². The summed E-state index contributed by atoms with van der Waals surface area (Å²) in [4.78, 5) is 12.1. The zero-order valence-electron chi connectivity index (χ0n) is 12.0. The molecule has 6 nitrogen and oxygen atoms in total. The van der Waals surface area contributed by atoms with Gasteiger partial charge in [0.1, 0.15) is 0 Å². The molecule has 0 aliphatic carbocycles. The Morgan fingerprint density at radius 3 is 2.68 bits per heavy atom. The molecule has 1 N–H and O–H groups in total. The van der Waals surface area contributed by atoms with E-state index in [1.54, 1.807) is 23.0 Å². The van der Waals surface area contributed by atoms with Crippen molar-refractivity contribution in [2.75, 3.05) is 11.5 Å². The summed E-state index contributed by atoms with van der Waals surface area (Å²) in [6.07, 6.45) is 4.09. The molecule has 1 atom stereocenters. The van der Waals surface area contributed by atoms with E-state index in [4.69, 9.17) is 0 Å². The van der Waals surface area contributed by atoms with E-state index in [0.29, 0.717) is 18.5 Å². The fraction of sp³-hybridized carbons (Fsp3) is 0.333. The minimum absolute atomic E-state index is 0.0378. The molecule has 0 bridgehead atoms. The molecule has 1 aliphatic rings. The minimum Gasteiger partial charge on any atom is -0.348 e. The van der Waals surface area contributed by atoms with Crippen LogP contribution in [0.3, 0.4) is 0 Å². The summed E-state index contributed by atoms with van der Waals surface area (Å²) in [5, 5.41) is 6.91. The first-order chi connectivity index (χ1) is 10.5. The highest BCUT2D eigenvalue weighted by Gasteiger charge is 2.29. The number of nitrogens with one attached hydrogen (secondary N) is 1. The average Bonchev–Trinajstić information content (AvgIpc) is 3.09. The van der Waals surface area contributed by atoms with Gasteiger partial charge in [-0.15, -0.1) is 0 Å². The molecule has 1 amide bonds. The fourth-order valence-corrected chi connectivity index (χ4v) is 4.19. The van der Waals surface area contributed by atoms with E-state index in [-0.39, 0.29) is 23.5 Å². The first-order valence-corrected chi connectivity index (χ1v) is 8.92. The molecular weight excluding hydrogens is 302 g/mol. The van der Waals surface area contributed by atoms with Crippen molar-refractivity contribution in [3.63, 3.8) is 0 Å². The van der Waals surface area contributed by atoms with Crippen LogP contribution >= 0.6 is 0 Å². The Hall–Kier alpha value is -2.15. The van der Waals surface area contributed by atoms with Crippen LogP contribution in [-0.4, -0.2) is 41.7 Å². The zero-order chi connectivity index (χ0) is 15.6. The van der Waals surface area contributed by atoms with Gasteiger partial charge in [0.2, 0.25) is 0 Å². The summed E-state index contributed by atoms with van der Waals surface area (Å²) >= 11 is 0. The summed E-state index contributed by atoms with van der Waals surface area (Å²) in [6, 6.07) is 8.83. The molecule has 1 aliphatic heterocycles. The van der Waals surface area contributed by atoms with Crippen molar-refractivity contribution in [3.05, 3.63) is 53.9 Å². The zero-order valence-corrected chi connectivity index (χ0v) is 12.8. The van der Waals surface area contributed by atoms with Gasteiger partial charge in [0, 0.05) is 24.0 Å². The topological polar surface area (TPSA) is 81.1 Å². The summed E-state index contributed by atoms with van der Waals surface area (Å²) in [5.41, 5.74) is 1.58. The largest absolute Gasteiger partial charge is 0.348 e. The molecule has 1 saturated heterocycles. The van der Waals surface area contributed by atoms with E-state index in [0.717, 1.165) is 5.56 Å². The molecule has 22 heavy (non-hydrogen) atoms. The molecule has 0 saturated carbocycles. The van der Waals surface area contributed by atoms with E-state index in [9.17, 15) is 13.2 Å². The Kier molecular flexibility index (Phi) is 3.98. The number of benzene rings is 1. The van der Waals surface area contributed by atoms with Gasteiger partial charge in [-0.1, -0.05) is 12.1 Å². The molecule has 0 spiro atoms. The lowest BCUT2D eigenvalue weighted by atomic mass is 10.1. The lowest BCUT2D eigenvalue weighted by Crippen LogP contribution is -2.35. The van der Waals surface area contributed by atoms with Gasteiger partial charge in [0.15, 0.2) is 9.84 Å². The first kappa shape index (κ1) is 14.8. The highest BCUT2D eigenvalue weighted by molar-refractivity contribution is 7.91. The monoisotopic (exact) mass is 319 g/mol. The number of rotatable bonds is 4. The van der Waals surface area contributed by atoms with Crippen molar-refractivity contribution < 1.29 is 13.2 Å². The van der Waals surface area contributed by atoms with Gasteiger partial charge in [-0.05, 0) is 30.2 Å².